The number of carbonyl (C=O) groups is 1. The Kier molecular flexibility index (Phi) is 4.10. The van der Waals surface area contributed by atoms with Crippen molar-refractivity contribution < 1.29 is 9.32 Å². The standard InChI is InChI=1S/C18H22N6O2/c1-10-4-7-13-14(8-10)21-16(20-13)11(2)19-18(25)24(3)9-15-22-17(23-26-15)12-5-6-12/h4,7-8,11-12H,5-6,9H2,1-3H3,(H,19,25)(H,20,21). The number of hydrogen-bond donors (Lipinski definition) is 2. The second kappa shape index (κ2) is 6.44. The lowest BCUT2D eigenvalue weighted by Gasteiger charge is -2.18. The van der Waals surface area contributed by atoms with Crippen LogP contribution in [0.5, 0.6) is 0 Å². The van der Waals surface area contributed by atoms with Gasteiger partial charge in [0.15, 0.2) is 5.82 Å². The van der Waals surface area contributed by atoms with Crippen molar-refractivity contribution in [2.24, 2.45) is 0 Å². The third-order valence-electron chi connectivity index (χ3n) is 4.55. The summed E-state index contributed by atoms with van der Waals surface area (Å²) in [4.78, 5) is 26.1. The second-order valence-corrected chi connectivity index (χ2v) is 6.99. The normalized spacial score (nSPS) is 15.2. The molecule has 26 heavy (non-hydrogen) atoms. The number of aromatic nitrogens is 4. The summed E-state index contributed by atoms with van der Waals surface area (Å²) in [6, 6.07) is 5.56. The summed E-state index contributed by atoms with van der Waals surface area (Å²) in [7, 11) is 1.70. The SMILES string of the molecule is Cc1ccc2nc(C(C)NC(=O)N(C)Cc3nc(C4CC4)no3)[nH]c2c1. The average Bonchev–Trinajstić information content (AvgIpc) is 3.20. The maximum Gasteiger partial charge on any atom is 0.318 e. The highest BCUT2D eigenvalue weighted by Gasteiger charge is 2.29. The van der Waals surface area contributed by atoms with E-state index < -0.39 is 0 Å². The van der Waals surface area contributed by atoms with Gasteiger partial charge in [0, 0.05) is 13.0 Å². The summed E-state index contributed by atoms with van der Waals surface area (Å²) in [6.45, 7) is 4.21. The lowest BCUT2D eigenvalue weighted by Crippen LogP contribution is -2.38. The van der Waals surface area contributed by atoms with Gasteiger partial charge >= 0.3 is 6.03 Å². The van der Waals surface area contributed by atoms with E-state index in [0.717, 1.165) is 41.1 Å². The lowest BCUT2D eigenvalue weighted by atomic mass is 10.2. The first-order valence-electron chi connectivity index (χ1n) is 8.80. The number of nitrogens with zero attached hydrogens (tertiary/aromatic N) is 4. The van der Waals surface area contributed by atoms with Gasteiger partial charge in [-0.2, -0.15) is 4.98 Å². The van der Waals surface area contributed by atoms with Crippen LogP contribution in [-0.2, 0) is 6.54 Å². The maximum absolute atomic E-state index is 12.4. The quantitative estimate of drug-likeness (QED) is 0.733. The molecule has 2 heterocycles. The Labute approximate surface area is 151 Å². The van der Waals surface area contributed by atoms with Crippen LogP contribution in [-0.4, -0.2) is 38.1 Å². The molecule has 0 spiro atoms. The van der Waals surface area contributed by atoms with Gasteiger partial charge in [-0.1, -0.05) is 11.2 Å². The fourth-order valence-electron chi connectivity index (χ4n) is 2.83. The topological polar surface area (TPSA) is 99.9 Å². The van der Waals surface area contributed by atoms with Crippen molar-refractivity contribution in [1.29, 1.82) is 0 Å². The monoisotopic (exact) mass is 354 g/mol. The number of nitrogens with one attached hydrogen (secondary N) is 2. The van der Waals surface area contributed by atoms with Crippen LogP contribution in [0.3, 0.4) is 0 Å². The van der Waals surface area contributed by atoms with E-state index in [2.05, 4.69) is 25.4 Å². The molecule has 1 fully saturated rings. The van der Waals surface area contributed by atoms with Gasteiger partial charge in [-0.25, -0.2) is 9.78 Å². The molecule has 2 N–H and O–H groups in total. The molecule has 1 aliphatic carbocycles. The van der Waals surface area contributed by atoms with Crippen LogP contribution < -0.4 is 5.32 Å². The van der Waals surface area contributed by atoms with Gasteiger partial charge in [-0.15, -0.1) is 0 Å². The van der Waals surface area contributed by atoms with Gasteiger partial charge in [0.25, 0.3) is 0 Å². The zero-order valence-electron chi connectivity index (χ0n) is 15.1. The Morgan fingerprint density at radius 3 is 3.00 bits per heavy atom. The zero-order chi connectivity index (χ0) is 18.3. The molecule has 0 bridgehead atoms. The molecule has 1 saturated carbocycles. The highest BCUT2D eigenvalue weighted by atomic mass is 16.5. The fourth-order valence-corrected chi connectivity index (χ4v) is 2.83. The molecule has 0 saturated heterocycles. The number of aryl methyl sites for hydroxylation is 1. The molecular weight excluding hydrogens is 332 g/mol. The Balaban J connectivity index is 1.38. The first-order valence-corrected chi connectivity index (χ1v) is 8.80. The first kappa shape index (κ1) is 16.6. The Bertz CT molecular complexity index is 942. The van der Waals surface area contributed by atoms with Crippen molar-refractivity contribution in [3.63, 3.8) is 0 Å². The molecule has 2 aromatic heterocycles. The summed E-state index contributed by atoms with van der Waals surface area (Å²) in [5.41, 5.74) is 3.01. The number of benzene rings is 1. The summed E-state index contributed by atoms with van der Waals surface area (Å²) in [5, 5.41) is 6.91. The third-order valence-corrected chi connectivity index (χ3v) is 4.55. The smallest absolute Gasteiger partial charge is 0.318 e. The highest BCUT2D eigenvalue weighted by molar-refractivity contribution is 5.77. The number of rotatable bonds is 5. The number of urea groups is 1. The number of fused-ring (bicyclic) bond motifs is 1. The molecule has 2 amide bonds. The minimum atomic E-state index is -0.248. The van der Waals surface area contributed by atoms with Crippen LogP contribution in [0.2, 0.25) is 0 Å². The third kappa shape index (κ3) is 3.40. The van der Waals surface area contributed by atoms with Gasteiger partial charge in [-0.05, 0) is 44.4 Å². The van der Waals surface area contributed by atoms with E-state index in [9.17, 15) is 4.79 Å². The van der Waals surface area contributed by atoms with Crippen molar-refractivity contribution in [2.45, 2.75) is 45.2 Å². The molecule has 136 valence electrons. The predicted octanol–water partition coefficient (Wildman–Crippen LogP) is 3.03. The molecule has 0 radical (unpaired) electrons. The molecule has 1 atom stereocenters. The number of H-pyrrole nitrogens is 1. The van der Waals surface area contributed by atoms with E-state index in [1.165, 1.54) is 4.90 Å². The van der Waals surface area contributed by atoms with Crippen LogP contribution in [0.25, 0.3) is 11.0 Å². The van der Waals surface area contributed by atoms with Crippen LogP contribution in [0.4, 0.5) is 4.79 Å². The van der Waals surface area contributed by atoms with Crippen molar-refractivity contribution in [3.8, 4) is 0 Å². The van der Waals surface area contributed by atoms with Gasteiger partial charge < -0.3 is 19.7 Å². The van der Waals surface area contributed by atoms with E-state index >= 15 is 0 Å². The van der Waals surface area contributed by atoms with Gasteiger partial charge in [0.05, 0.1) is 17.1 Å². The van der Waals surface area contributed by atoms with Gasteiger partial charge in [0.2, 0.25) is 5.89 Å². The number of aromatic amines is 1. The van der Waals surface area contributed by atoms with Crippen LogP contribution in [0, 0.1) is 6.92 Å². The largest absolute Gasteiger partial charge is 0.340 e. The van der Waals surface area contributed by atoms with E-state index in [1.807, 2.05) is 32.0 Å². The summed E-state index contributed by atoms with van der Waals surface area (Å²) in [5.74, 6) is 2.36. The molecular formula is C18H22N6O2. The van der Waals surface area contributed by atoms with Crippen molar-refractivity contribution in [1.82, 2.24) is 30.3 Å². The maximum atomic E-state index is 12.4. The predicted molar refractivity (Wildman–Crippen MR) is 95.5 cm³/mol. The molecule has 1 aromatic carbocycles. The Morgan fingerprint density at radius 2 is 2.23 bits per heavy atom. The molecule has 1 aliphatic rings. The van der Waals surface area contributed by atoms with E-state index in [-0.39, 0.29) is 18.6 Å². The van der Waals surface area contributed by atoms with Crippen LogP contribution in [0.1, 0.15) is 54.8 Å². The molecule has 8 nitrogen and oxygen atoms in total. The van der Waals surface area contributed by atoms with Crippen molar-refractivity contribution >= 4 is 17.1 Å². The molecule has 8 heteroatoms. The number of hydrogen-bond acceptors (Lipinski definition) is 5. The minimum absolute atomic E-state index is 0.222. The first-order chi connectivity index (χ1) is 12.5. The Morgan fingerprint density at radius 1 is 1.42 bits per heavy atom. The molecule has 3 aromatic rings. The van der Waals surface area contributed by atoms with E-state index in [1.54, 1.807) is 7.05 Å². The highest BCUT2D eigenvalue weighted by Crippen LogP contribution is 2.38. The minimum Gasteiger partial charge on any atom is -0.340 e. The average molecular weight is 354 g/mol. The van der Waals surface area contributed by atoms with Crippen LogP contribution >= 0.6 is 0 Å². The van der Waals surface area contributed by atoms with Crippen molar-refractivity contribution in [3.05, 3.63) is 41.3 Å². The number of amides is 2. The second-order valence-electron chi connectivity index (χ2n) is 6.99. The van der Waals surface area contributed by atoms with Gasteiger partial charge in [-0.3, -0.25) is 0 Å². The van der Waals surface area contributed by atoms with E-state index in [4.69, 9.17) is 4.52 Å². The summed E-state index contributed by atoms with van der Waals surface area (Å²) in [6.07, 6.45) is 2.23. The molecule has 1 unspecified atom stereocenters. The number of carbonyl (C=O) groups excluding carboxylic acids is 1. The zero-order valence-corrected chi connectivity index (χ0v) is 15.1. The number of imidazole rings is 1. The lowest BCUT2D eigenvalue weighted by molar-refractivity contribution is 0.196. The Hall–Kier alpha value is -2.90. The van der Waals surface area contributed by atoms with Gasteiger partial charge in [0.1, 0.15) is 12.4 Å². The summed E-state index contributed by atoms with van der Waals surface area (Å²) >= 11 is 0. The molecule has 4 rings (SSSR count). The molecule has 0 aliphatic heterocycles. The van der Waals surface area contributed by atoms with Crippen LogP contribution in [0.15, 0.2) is 22.7 Å². The van der Waals surface area contributed by atoms with E-state index in [0.29, 0.717) is 11.8 Å². The fraction of sp³-hybridized carbons (Fsp3) is 0.444. The summed E-state index contributed by atoms with van der Waals surface area (Å²) < 4.78 is 5.23. The van der Waals surface area contributed by atoms with Crippen molar-refractivity contribution in [2.75, 3.05) is 7.05 Å².